The molecular formula is C11H17BrN2O3S. The first-order valence-corrected chi connectivity index (χ1v) is 7.82. The maximum atomic E-state index is 12.1. The first kappa shape index (κ1) is 15.3. The van der Waals surface area contributed by atoms with E-state index in [2.05, 4.69) is 20.7 Å². The highest BCUT2D eigenvalue weighted by atomic mass is 79.9. The van der Waals surface area contributed by atoms with Crippen molar-refractivity contribution in [3.63, 3.8) is 0 Å². The Kier molecular flexibility index (Phi) is 5.43. The number of nitrogen functional groups attached to an aromatic ring is 1. The summed E-state index contributed by atoms with van der Waals surface area (Å²) in [6.45, 7) is 2.39. The van der Waals surface area contributed by atoms with Crippen LogP contribution in [0.5, 0.6) is 5.75 Å². The van der Waals surface area contributed by atoms with E-state index in [0.29, 0.717) is 16.7 Å². The van der Waals surface area contributed by atoms with Crippen LogP contribution in [0.25, 0.3) is 0 Å². The summed E-state index contributed by atoms with van der Waals surface area (Å²) in [5.41, 5.74) is 6.05. The van der Waals surface area contributed by atoms with E-state index >= 15 is 0 Å². The van der Waals surface area contributed by atoms with Crippen LogP contribution in [0.15, 0.2) is 21.5 Å². The van der Waals surface area contributed by atoms with Crippen LogP contribution in [0.4, 0.5) is 5.69 Å². The second-order valence-corrected chi connectivity index (χ2v) is 6.37. The van der Waals surface area contributed by atoms with E-state index in [1.54, 1.807) is 6.07 Å². The summed E-state index contributed by atoms with van der Waals surface area (Å²) in [4.78, 5) is 0.0572. The molecule has 0 spiro atoms. The summed E-state index contributed by atoms with van der Waals surface area (Å²) < 4.78 is 32.4. The molecule has 0 amide bonds. The molecule has 7 heteroatoms. The van der Waals surface area contributed by atoms with Crippen molar-refractivity contribution >= 4 is 31.6 Å². The van der Waals surface area contributed by atoms with Crippen molar-refractivity contribution in [3.8, 4) is 5.75 Å². The molecule has 0 atom stereocenters. The van der Waals surface area contributed by atoms with Crippen LogP contribution in [0.2, 0.25) is 0 Å². The number of benzene rings is 1. The highest BCUT2D eigenvalue weighted by Crippen LogP contribution is 2.32. The molecule has 3 N–H and O–H groups in total. The molecule has 0 bridgehead atoms. The van der Waals surface area contributed by atoms with Gasteiger partial charge in [0.1, 0.15) is 10.6 Å². The van der Waals surface area contributed by atoms with Crippen LogP contribution in [0, 0.1) is 0 Å². The van der Waals surface area contributed by atoms with E-state index < -0.39 is 10.0 Å². The molecule has 0 aliphatic heterocycles. The topological polar surface area (TPSA) is 81.4 Å². The smallest absolute Gasteiger partial charge is 0.244 e. The first-order chi connectivity index (χ1) is 8.42. The molecule has 0 heterocycles. The molecule has 1 aromatic carbocycles. The highest BCUT2D eigenvalue weighted by molar-refractivity contribution is 9.10. The number of unbranched alkanes of at least 4 members (excludes halogenated alkanes) is 1. The molecule has 0 aliphatic rings. The molecule has 0 saturated carbocycles. The van der Waals surface area contributed by atoms with E-state index in [0.717, 1.165) is 12.8 Å². The summed E-state index contributed by atoms with van der Waals surface area (Å²) in [5.74, 6) is 0.264. The summed E-state index contributed by atoms with van der Waals surface area (Å²) in [6, 6.07) is 2.93. The van der Waals surface area contributed by atoms with Gasteiger partial charge in [-0.2, -0.15) is 0 Å². The van der Waals surface area contributed by atoms with Crippen molar-refractivity contribution in [3.05, 3.63) is 16.6 Å². The average molecular weight is 337 g/mol. The van der Waals surface area contributed by atoms with E-state index in [9.17, 15) is 8.42 Å². The van der Waals surface area contributed by atoms with Crippen molar-refractivity contribution in [2.45, 2.75) is 24.7 Å². The van der Waals surface area contributed by atoms with Gasteiger partial charge >= 0.3 is 0 Å². The fourth-order valence-corrected chi connectivity index (χ4v) is 2.96. The molecule has 0 aromatic heterocycles. The number of methoxy groups -OCH3 is 1. The van der Waals surface area contributed by atoms with Gasteiger partial charge in [0.25, 0.3) is 0 Å². The van der Waals surface area contributed by atoms with Crippen LogP contribution >= 0.6 is 15.9 Å². The number of halogens is 1. The van der Waals surface area contributed by atoms with E-state index in [1.165, 1.54) is 13.2 Å². The van der Waals surface area contributed by atoms with Gasteiger partial charge in [0.15, 0.2) is 0 Å². The number of ether oxygens (including phenoxy) is 1. The molecule has 1 aromatic rings. The van der Waals surface area contributed by atoms with Crippen LogP contribution in [0.1, 0.15) is 19.8 Å². The largest absolute Gasteiger partial charge is 0.495 e. The third kappa shape index (κ3) is 3.60. The Bertz CT molecular complexity index is 517. The lowest BCUT2D eigenvalue weighted by molar-refractivity contribution is 0.402. The van der Waals surface area contributed by atoms with Gasteiger partial charge in [-0.1, -0.05) is 13.3 Å². The van der Waals surface area contributed by atoms with Crippen LogP contribution in [-0.4, -0.2) is 22.1 Å². The number of rotatable bonds is 6. The molecule has 0 saturated heterocycles. The quantitative estimate of drug-likeness (QED) is 0.615. The normalized spacial score (nSPS) is 11.5. The molecule has 0 aliphatic carbocycles. The Hall–Kier alpha value is -0.790. The minimum absolute atomic E-state index is 0.0572. The monoisotopic (exact) mass is 336 g/mol. The van der Waals surface area contributed by atoms with Crippen molar-refractivity contribution in [2.24, 2.45) is 0 Å². The Labute approximate surface area is 116 Å². The van der Waals surface area contributed by atoms with E-state index in [1.807, 2.05) is 6.92 Å². The molecule has 5 nitrogen and oxygen atoms in total. The first-order valence-electron chi connectivity index (χ1n) is 5.55. The zero-order valence-corrected chi connectivity index (χ0v) is 12.8. The van der Waals surface area contributed by atoms with Crippen LogP contribution in [0.3, 0.4) is 0 Å². The number of sulfonamides is 1. The third-order valence-electron chi connectivity index (χ3n) is 2.39. The Balaban J connectivity index is 3.11. The minimum atomic E-state index is -3.59. The van der Waals surface area contributed by atoms with Crippen molar-refractivity contribution in [1.29, 1.82) is 0 Å². The average Bonchev–Trinajstić information content (AvgIpc) is 2.32. The Morgan fingerprint density at radius 1 is 1.44 bits per heavy atom. The Morgan fingerprint density at radius 3 is 2.67 bits per heavy atom. The van der Waals surface area contributed by atoms with Crippen LogP contribution in [-0.2, 0) is 10.0 Å². The lowest BCUT2D eigenvalue weighted by atomic mass is 10.3. The number of hydrogen-bond acceptors (Lipinski definition) is 4. The zero-order valence-electron chi connectivity index (χ0n) is 10.4. The molecule has 18 heavy (non-hydrogen) atoms. The van der Waals surface area contributed by atoms with Crippen molar-refractivity contribution in [2.75, 3.05) is 19.4 Å². The van der Waals surface area contributed by atoms with Gasteiger partial charge in [0.05, 0.1) is 7.11 Å². The number of nitrogens with two attached hydrogens (primary N) is 1. The Morgan fingerprint density at radius 2 is 2.11 bits per heavy atom. The summed E-state index contributed by atoms with van der Waals surface area (Å²) in [6.07, 6.45) is 1.70. The third-order valence-corrected chi connectivity index (χ3v) is 4.56. The molecule has 0 fully saturated rings. The number of nitrogens with one attached hydrogen (secondary N) is 1. The second-order valence-electron chi connectivity index (χ2n) is 3.78. The lowest BCUT2D eigenvalue weighted by Gasteiger charge is -2.12. The standard InChI is InChI=1S/C11H17BrN2O3S/c1-3-4-5-14-18(15,16)11-7-9(13)8(12)6-10(11)17-2/h6-7,14H,3-5,13H2,1-2H3. The maximum absolute atomic E-state index is 12.1. The number of hydrogen-bond donors (Lipinski definition) is 2. The van der Waals surface area contributed by atoms with Gasteiger partial charge in [-0.15, -0.1) is 0 Å². The van der Waals surface area contributed by atoms with E-state index in [4.69, 9.17) is 10.5 Å². The van der Waals surface area contributed by atoms with Gasteiger partial charge in [-0.05, 0) is 34.5 Å². The molecule has 1 rings (SSSR count). The fraction of sp³-hybridized carbons (Fsp3) is 0.455. The highest BCUT2D eigenvalue weighted by Gasteiger charge is 2.20. The predicted molar refractivity (Wildman–Crippen MR) is 75.2 cm³/mol. The van der Waals surface area contributed by atoms with Gasteiger partial charge < -0.3 is 10.5 Å². The maximum Gasteiger partial charge on any atom is 0.244 e. The van der Waals surface area contributed by atoms with Gasteiger partial charge in [0.2, 0.25) is 10.0 Å². The zero-order chi connectivity index (χ0) is 13.8. The lowest BCUT2D eigenvalue weighted by Crippen LogP contribution is -2.25. The molecule has 102 valence electrons. The molecule has 0 radical (unpaired) electrons. The summed E-state index contributed by atoms with van der Waals surface area (Å²) in [7, 11) is -2.17. The second kappa shape index (κ2) is 6.40. The molecule has 0 unspecified atom stereocenters. The fourth-order valence-electron chi connectivity index (χ4n) is 1.38. The summed E-state index contributed by atoms with van der Waals surface area (Å²) >= 11 is 3.23. The minimum Gasteiger partial charge on any atom is -0.495 e. The van der Waals surface area contributed by atoms with E-state index in [-0.39, 0.29) is 10.6 Å². The van der Waals surface area contributed by atoms with Gasteiger partial charge in [0, 0.05) is 16.7 Å². The number of anilines is 1. The van der Waals surface area contributed by atoms with Crippen LogP contribution < -0.4 is 15.2 Å². The van der Waals surface area contributed by atoms with Gasteiger partial charge in [-0.25, -0.2) is 13.1 Å². The van der Waals surface area contributed by atoms with Gasteiger partial charge in [-0.3, -0.25) is 0 Å². The van der Waals surface area contributed by atoms with Crippen molar-refractivity contribution in [1.82, 2.24) is 4.72 Å². The summed E-state index contributed by atoms with van der Waals surface area (Å²) in [5, 5.41) is 0. The molecular weight excluding hydrogens is 320 g/mol. The van der Waals surface area contributed by atoms with Crippen molar-refractivity contribution < 1.29 is 13.2 Å². The SMILES string of the molecule is CCCCNS(=O)(=O)c1cc(N)c(Br)cc1OC. The predicted octanol–water partition coefficient (Wildman–Crippen LogP) is 2.12.